The Morgan fingerprint density at radius 3 is 2.25 bits per heavy atom. The number of carboxylic acid groups (broad SMARTS) is 1. The summed E-state index contributed by atoms with van der Waals surface area (Å²) in [6.07, 6.45) is 0. The summed E-state index contributed by atoms with van der Waals surface area (Å²) in [6, 6.07) is 5.67. The van der Waals surface area contributed by atoms with Gasteiger partial charge in [-0.05, 0) is 19.1 Å². The highest BCUT2D eigenvalue weighted by Gasteiger charge is 2.17. The molecule has 0 saturated heterocycles. The van der Waals surface area contributed by atoms with Crippen molar-refractivity contribution in [3.63, 3.8) is 0 Å². The molecule has 0 amide bonds. The predicted octanol–water partition coefficient (Wildman–Crippen LogP) is 1.13. The van der Waals surface area contributed by atoms with Gasteiger partial charge in [-0.15, -0.1) is 0 Å². The number of ketones is 1. The van der Waals surface area contributed by atoms with Gasteiger partial charge in [0.15, 0.2) is 5.78 Å². The number of aromatic carboxylic acids is 1. The average Bonchev–Trinajstić information content (AvgIpc) is 2.25. The van der Waals surface area contributed by atoms with Crippen LogP contribution in [-0.2, 0) is 9.53 Å². The number of Topliss-reactive ketones (excluding diaryl/α,β-unsaturated/α-hetero) is 1. The lowest BCUT2D eigenvalue weighted by Gasteiger charge is -2.05. The molecule has 0 aliphatic rings. The summed E-state index contributed by atoms with van der Waals surface area (Å²) in [7, 11) is 0. The Morgan fingerprint density at radius 1 is 1.19 bits per heavy atom. The molecular formula is C11H10O5. The van der Waals surface area contributed by atoms with E-state index in [0.29, 0.717) is 0 Å². The first-order valence-electron chi connectivity index (χ1n) is 4.51. The van der Waals surface area contributed by atoms with E-state index in [4.69, 9.17) is 5.11 Å². The van der Waals surface area contributed by atoms with Gasteiger partial charge in [-0.25, -0.2) is 9.59 Å². The maximum Gasteiger partial charge on any atom is 0.339 e. The Morgan fingerprint density at radius 2 is 1.75 bits per heavy atom. The average molecular weight is 222 g/mol. The molecule has 0 fully saturated rings. The third-order valence-corrected chi connectivity index (χ3v) is 1.78. The van der Waals surface area contributed by atoms with Gasteiger partial charge >= 0.3 is 11.9 Å². The van der Waals surface area contributed by atoms with E-state index in [1.54, 1.807) is 0 Å². The number of benzene rings is 1. The first-order valence-corrected chi connectivity index (χ1v) is 4.51. The van der Waals surface area contributed by atoms with Gasteiger partial charge in [0.1, 0.15) is 6.61 Å². The Balaban J connectivity index is 2.90. The molecule has 1 rings (SSSR count). The Bertz CT molecular complexity index is 436. The minimum Gasteiger partial charge on any atom is -0.478 e. The summed E-state index contributed by atoms with van der Waals surface area (Å²) in [5, 5.41) is 8.82. The van der Waals surface area contributed by atoms with E-state index in [1.807, 2.05) is 0 Å². The van der Waals surface area contributed by atoms with E-state index in [1.165, 1.54) is 31.2 Å². The van der Waals surface area contributed by atoms with Crippen LogP contribution in [0.2, 0.25) is 0 Å². The SMILES string of the molecule is CC(=O)COC(=O)c1ccccc1C(=O)O. The van der Waals surface area contributed by atoms with Crippen LogP contribution in [0.5, 0.6) is 0 Å². The molecule has 1 aromatic rings. The van der Waals surface area contributed by atoms with Crippen molar-refractivity contribution < 1.29 is 24.2 Å². The number of esters is 1. The second kappa shape index (κ2) is 5.06. The molecule has 0 aliphatic heterocycles. The van der Waals surface area contributed by atoms with Crippen LogP contribution < -0.4 is 0 Å². The van der Waals surface area contributed by atoms with Crippen LogP contribution in [0.3, 0.4) is 0 Å². The lowest BCUT2D eigenvalue weighted by atomic mass is 10.1. The van der Waals surface area contributed by atoms with Crippen LogP contribution in [0.25, 0.3) is 0 Å². The van der Waals surface area contributed by atoms with Crippen molar-refractivity contribution in [2.75, 3.05) is 6.61 Å². The molecule has 0 radical (unpaired) electrons. The number of rotatable bonds is 4. The minimum atomic E-state index is -1.21. The summed E-state index contributed by atoms with van der Waals surface area (Å²) in [5.41, 5.74) is -0.202. The van der Waals surface area contributed by atoms with Gasteiger partial charge in [-0.1, -0.05) is 12.1 Å². The molecule has 16 heavy (non-hydrogen) atoms. The molecule has 0 unspecified atom stereocenters. The fourth-order valence-corrected chi connectivity index (χ4v) is 1.09. The van der Waals surface area contributed by atoms with Gasteiger partial charge in [-0.2, -0.15) is 0 Å². The number of carbonyl (C=O) groups excluding carboxylic acids is 2. The molecule has 0 heterocycles. The molecule has 0 aromatic heterocycles. The third kappa shape index (κ3) is 2.91. The second-order valence-corrected chi connectivity index (χ2v) is 3.13. The van der Waals surface area contributed by atoms with Crippen LogP contribution in [0.4, 0.5) is 0 Å². The van der Waals surface area contributed by atoms with Gasteiger partial charge in [0.05, 0.1) is 11.1 Å². The number of ether oxygens (including phenoxy) is 1. The van der Waals surface area contributed by atoms with E-state index in [2.05, 4.69) is 4.74 Å². The fourth-order valence-electron chi connectivity index (χ4n) is 1.09. The van der Waals surface area contributed by atoms with Crippen molar-refractivity contribution in [3.05, 3.63) is 35.4 Å². The van der Waals surface area contributed by atoms with Crippen LogP contribution in [0.15, 0.2) is 24.3 Å². The third-order valence-electron chi connectivity index (χ3n) is 1.78. The lowest BCUT2D eigenvalue weighted by Crippen LogP contribution is -2.14. The normalized spacial score (nSPS) is 9.56. The van der Waals surface area contributed by atoms with Crippen LogP contribution >= 0.6 is 0 Å². The smallest absolute Gasteiger partial charge is 0.339 e. The van der Waals surface area contributed by atoms with Crippen molar-refractivity contribution in [2.45, 2.75) is 6.92 Å². The monoisotopic (exact) mass is 222 g/mol. The van der Waals surface area contributed by atoms with Gasteiger partial charge < -0.3 is 9.84 Å². The first-order chi connectivity index (χ1) is 7.52. The predicted molar refractivity (Wildman–Crippen MR) is 54.4 cm³/mol. The lowest BCUT2D eigenvalue weighted by molar-refractivity contribution is -0.120. The standard InChI is InChI=1S/C11H10O5/c1-7(12)6-16-11(15)9-5-3-2-4-8(9)10(13)14/h2-5H,6H2,1H3,(H,13,14). The first kappa shape index (κ1) is 11.9. The van der Waals surface area contributed by atoms with Crippen molar-refractivity contribution >= 4 is 17.7 Å². The molecular weight excluding hydrogens is 212 g/mol. The zero-order chi connectivity index (χ0) is 12.1. The fraction of sp³-hybridized carbons (Fsp3) is 0.182. The number of carboxylic acids is 1. The summed E-state index contributed by atoms with van der Waals surface area (Å²) in [5.74, 6) is -2.33. The van der Waals surface area contributed by atoms with E-state index in [0.717, 1.165) is 0 Å². The molecule has 1 N–H and O–H groups in total. The van der Waals surface area contributed by atoms with Gasteiger partial charge in [0, 0.05) is 0 Å². The minimum absolute atomic E-state index is 0.0590. The highest BCUT2D eigenvalue weighted by atomic mass is 16.5. The molecule has 0 spiro atoms. The van der Waals surface area contributed by atoms with E-state index in [-0.39, 0.29) is 23.5 Å². The van der Waals surface area contributed by atoms with Crippen molar-refractivity contribution in [2.24, 2.45) is 0 Å². The van der Waals surface area contributed by atoms with E-state index in [9.17, 15) is 14.4 Å². The molecule has 5 heteroatoms. The van der Waals surface area contributed by atoms with Gasteiger partial charge in [0.25, 0.3) is 0 Å². The molecule has 0 saturated carbocycles. The molecule has 0 aliphatic carbocycles. The van der Waals surface area contributed by atoms with Crippen molar-refractivity contribution in [3.8, 4) is 0 Å². The Kier molecular flexibility index (Phi) is 3.77. The zero-order valence-corrected chi connectivity index (χ0v) is 8.60. The van der Waals surface area contributed by atoms with Crippen molar-refractivity contribution in [1.82, 2.24) is 0 Å². The molecule has 84 valence electrons. The summed E-state index contributed by atoms with van der Waals surface area (Å²) >= 11 is 0. The quantitative estimate of drug-likeness (QED) is 0.772. The maximum atomic E-state index is 11.4. The van der Waals surface area contributed by atoms with Crippen LogP contribution in [0, 0.1) is 0 Å². The van der Waals surface area contributed by atoms with Gasteiger partial charge in [-0.3, -0.25) is 4.79 Å². The summed E-state index contributed by atoms with van der Waals surface area (Å²) < 4.78 is 4.63. The second-order valence-electron chi connectivity index (χ2n) is 3.13. The zero-order valence-electron chi connectivity index (χ0n) is 8.60. The largest absolute Gasteiger partial charge is 0.478 e. The van der Waals surface area contributed by atoms with Crippen molar-refractivity contribution in [1.29, 1.82) is 0 Å². The molecule has 0 bridgehead atoms. The van der Waals surface area contributed by atoms with Crippen LogP contribution in [-0.4, -0.2) is 29.4 Å². The van der Waals surface area contributed by atoms with E-state index < -0.39 is 11.9 Å². The van der Waals surface area contributed by atoms with E-state index >= 15 is 0 Å². The maximum absolute atomic E-state index is 11.4. The highest BCUT2D eigenvalue weighted by Crippen LogP contribution is 2.10. The Hall–Kier alpha value is -2.17. The van der Waals surface area contributed by atoms with Gasteiger partial charge in [0.2, 0.25) is 0 Å². The molecule has 5 nitrogen and oxygen atoms in total. The molecule has 0 atom stereocenters. The Labute approximate surface area is 91.6 Å². The highest BCUT2D eigenvalue weighted by molar-refractivity contribution is 6.02. The number of hydrogen-bond acceptors (Lipinski definition) is 4. The number of carbonyl (C=O) groups is 3. The summed E-state index contributed by atoms with van der Waals surface area (Å²) in [4.78, 5) is 32.8. The van der Waals surface area contributed by atoms with Crippen LogP contribution in [0.1, 0.15) is 27.6 Å². The number of hydrogen-bond donors (Lipinski definition) is 1. The topological polar surface area (TPSA) is 80.7 Å². The summed E-state index contributed by atoms with van der Waals surface area (Å²) in [6.45, 7) is 0.920. The molecule has 1 aromatic carbocycles.